The minimum absolute atomic E-state index is 0.0849. The van der Waals surface area contributed by atoms with Gasteiger partial charge in [-0.3, -0.25) is 9.78 Å². The molecule has 1 heterocycles. The summed E-state index contributed by atoms with van der Waals surface area (Å²) in [7, 11) is 3.96. The second-order valence-electron chi connectivity index (χ2n) is 5.39. The lowest BCUT2D eigenvalue weighted by Gasteiger charge is -2.10. The maximum absolute atomic E-state index is 12.1. The molecule has 110 valence electrons. The Balaban J connectivity index is 2.10. The van der Waals surface area contributed by atoms with E-state index in [2.05, 4.69) is 29.4 Å². The van der Waals surface area contributed by atoms with Crippen molar-refractivity contribution in [2.24, 2.45) is 0 Å². The lowest BCUT2D eigenvalue weighted by Crippen LogP contribution is -2.31. The van der Waals surface area contributed by atoms with Gasteiger partial charge in [-0.25, -0.2) is 0 Å². The molecule has 0 aliphatic heterocycles. The van der Waals surface area contributed by atoms with E-state index in [0.717, 1.165) is 17.7 Å². The standard InChI is InChI=1S/C17H21N3O/c1-13-4-6-14(7-5-13)15-10-16(12-18-11-15)17(21)19-8-9-20(2)3/h4-7,10-12H,8-9H2,1-3H3,(H,19,21). The molecule has 0 unspecified atom stereocenters. The molecular formula is C17H21N3O. The summed E-state index contributed by atoms with van der Waals surface area (Å²) in [6.07, 6.45) is 3.38. The van der Waals surface area contributed by atoms with Crippen molar-refractivity contribution in [1.82, 2.24) is 15.2 Å². The van der Waals surface area contributed by atoms with E-state index in [-0.39, 0.29) is 5.91 Å². The number of hydrogen-bond acceptors (Lipinski definition) is 3. The highest BCUT2D eigenvalue weighted by Crippen LogP contribution is 2.19. The van der Waals surface area contributed by atoms with Gasteiger partial charge in [-0.2, -0.15) is 0 Å². The Kier molecular flexibility index (Phi) is 5.06. The zero-order chi connectivity index (χ0) is 15.2. The number of hydrogen-bond donors (Lipinski definition) is 1. The highest BCUT2D eigenvalue weighted by Gasteiger charge is 2.07. The van der Waals surface area contributed by atoms with Crippen LogP contribution in [0.25, 0.3) is 11.1 Å². The molecule has 0 spiro atoms. The van der Waals surface area contributed by atoms with Crippen molar-refractivity contribution in [1.29, 1.82) is 0 Å². The molecule has 0 aliphatic carbocycles. The summed E-state index contributed by atoms with van der Waals surface area (Å²) >= 11 is 0. The minimum atomic E-state index is -0.0849. The molecule has 1 N–H and O–H groups in total. The second kappa shape index (κ2) is 6.99. The molecule has 0 bridgehead atoms. The van der Waals surface area contributed by atoms with E-state index >= 15 is 0 Å². The van der Waals surface area contributed by atoms with Crippen molar-refractivity contribution in [3.63, 3.8) is 0 Å². The van der Waals surface area contributed by atoms with E-state index < -0.39 is 0 Å². The zero-order valence-electron chi connectivity index (χ0n) is 12.8. The first-order valence-electron chi connectivity index (χ1n) is 7.01. The van der Waals surface area contributed by atoms with Gasteiger partial charge in [-0.1, -0.05) is 29.8 Å². The normalized spacial score (nSPS) is 10.7. The van der Waals surface area contributed by atoms with Crippen LogP contribution in [-0.4, -0.2) is 43.0 Å². The van der Waals surface area contributed by atoms with Crippen LogP contribution in [0.15, 0.2) is 42.7 Å². The van der Waals surface area contributed by atoms with Crippen molar-refractivity contribution in [2.45, 2.75) is 6.92 Å². The summed E-state index contributed by atoms with van der Waals surface area (Å²) in [5.74, 6) is -0.0849. The Morgan fingerprint density at radius 3 is 2.52 bits per heavy atom. The molecule has 0 aliphatic rings. The lowest BCUT2D eigenvalue weighted by atomic mass is 10.0. The molecular weight excluding hydrogens is 262 g/mol. The molecule has 0 saturated heterocycles. The average molecular weight is 283 g/mol. The number of aromatic nitrogens is 1. The van der Waals surface area contributed by atoms with Crippen molar-refractivity contribution >= 4 is 5.91 Å². The van der Waals surface area contributed by atoms with Gasteiger partial charge in [0.2, 0.25) is 0 Å². The maximum atomic E-state index is 12.1. The van der Waals surface area contributed by atoms with Crippen molar-refractivity contribution < 1.29 is 4.79 Å². The Labute approximate surface area is 125 Å². The maximum Gasteiger partial charge on any atom is 0.252 e. The number of nitrogens with one attached hydrogen (secondary N) is 1. The number of nitrogens with zero attached hydrogens (tertiary/aromatic N) is 2. The number of amides is 1. The number of carbonyl (C=O) groups is 1. The number of benzene rings is 1. The SMILES string of the molecule is Cc1ccc(-c2cncc(C(=O)NCCN(C)C)c2)cc1. The number of aryl methyl sites for hydroxylation is 1. The zero-order valence-corrected chi connectivity index (χ0v) is 12.8. The van der Waals surface area contributed by atoms with Gasteiger partial charge >= 0.3 is 0 Å². The summed E-state index contributed by atoms with van der Waals surface area (Å²) in [4.78, 5) is 18.3. The molecule has 2 rings (SSSR count). The third kappa shape index (κ3) is 4.39. The predicted octanol–water partition coefficient (Wildman–Crippen LogP) is 2.35. The van der Waals surface area contributed by atoms with Gasteiger partial charge in [0, 0.05) is 31.0 Å². The molecule has 21 heavy (non-hydrogen) atoms. The van der Waals surface area contributed by atoms with Crippen LogP contribution in [0.5, 0.6) is 0 Å². The van der Waals surface area contributed by atoms with Crippen LogP contribution in [-0.2, 0) is 0 Å². The van der Waals surface area contributed by atoms with Crippen LogP contribution in [0, 0.1) is 6.92 Å². The third-order valence-corrected chi connectivity index (χ3v) is 3.23. The fourth-order valence-corrected chi connectivity index (χ4v) is 1.96. The summed E-state index contributed by atoms with van der Waals surface area (Å²) in [5.41, 5.74) is 3.82. The van der Waals surface area contributed by atoms with Crippen molar-refractivity contribution in [2.75, 3.05) is 27.2 Å². The largest absolute Gasteiger partial charge is 0.351 e. The van der Waals surface area contributed by atoms with Gasteiger partial charge in [-0.05, 0) is 32.6 Å². The van der Waals surface area contributed by atoms with Crippen LogP contribution in [0.3, 0.4) is 0 Å². The molecule has 0 fully saturated rings. The van der Waals surface area contributed by atoms with E-state index in [0.29, 0.717) is 12.1 Å². The second-order valence-corrected chi connectivity index (χ2v) is 5.39. The molecule has 1 aromatic heterocycles. The van der Waals surface area contributed by atoms with E-state index in [4.69, 9.17) is 0 Å². The molecule has 0 atom stereocenters. The first kappa shape index (κ1) is 15.2. The van der Waals surface area contributed by atoms with Gasteiger partial charge in [0.25, 0.3) is 5.91 Å². The Morgan fingerprint density at radius 2 is 1.86 bits per heavy atom. The number of rotatable bonds is 5. The van der Waals surface area contributed by atoms with Gasteiger partial charge < -0.3 is 10.2 Å². The molecule has 0 saturated carbocycles. The highest BCUT2D eigenvalue weighted by atomic mass is 16.1. The fraction of sp³-hybridized carbons (Fsp3) is 0.294. The molecule has 1 aromatic carbocycles. The molecule has 2 aromatic rings. The van der Waals surface area contributed by atoms with Crippen molar-refractivity contribution in [3.05, 3.63) is 53.9 Å². The van der Waals surface area contributed by atoms with Crippen molar-refractivity contribution in [3.8, 4) is 11.1 Å². The first-order valence-corrected chi connectivity index (χ1v) is 7.01. The van der Waals surface area contributed by atoms with Crippen LogP contribution >= 0.6 is 0 Å². The van der Waals surface area contributed by atoms with Gasteiger partial charge in [0.1, 0.15) is 0 Å². The number of likely N-dealkylation sites (N-methyl/N-ethyl adjacent to an activating group) is 1. The highest BCUT2D eigenvalue weighted by molar-refractivity contribution is 5.95. The summed E-state index contributed by atoms with van der Waals surface area (Å²) in [5, 5.41) is 2.90. The molecule has 1 amide bonds. The molecule has 4 heteroatoms. The molecule has 0 radical (unpaired) electrons. The Hall–Kier alpha value is -2.20. The number of carbonyl (C=O) groups excluding carboxylic acids is 1. The number of pyridine rings is 1. The summed E-state index contributed by atoms with van der Waals surface area (Å²) in [6.45, 7) is 3.49. The quantitative estimate of drug-likeness (QED) is 0.916. The van der Waals surface area contributed by atoms with E-state index in [1.54, 1.807) is 12.4 Å². The van der Waals surface area contributed by atoms with Crippen LogP contribution in [0.1, 0.15) is 15.9 Å². The third-order valence-electron chi connectivity index (χ3n) is 3.23. The lowest BCUT2D eigenvalue weighted by molar-refractivity contribution is 0.0950. The Morgan fingerprint density at radius 1 is 1.14 bits per heavy atom. The van der Waals surface area contributed by atoms with Gasteiger partial charge in [0.05, 0.1) is 5.56 Å². The van der Waals surface area contributed by atoms with E-state index in [1.165, 1.54) is 5.56 Å². The first-order chi connectivity index (χ1) is 10.1. The Bertz CT molecular complexity index is 606. The summed E-state index contributed by atoms with van der Waals surface area (Å²) in [6, 6.07) is 10.1. The minimum Gasteiger partial charge on any atom is -0.351 e. The summed E-state index contributed by atoms with van der Waals surface area (Å²) < 4.78 is 0. The topological polar surface area (TPSA) is 45.2 Å². The predicted molar refractivity (Wildman–Crippen MR) is 85.3 cm³/mol. The van der Waals surface area contributed by atoms with E-state index in [1.807, 2.05) is 37.2 Å². The average Bonchev–Trinajstić information content (AvgIpc) is 2.47. The van der Waals surface area contributed by atoms with Gasteiger partial charge in [-0.15, -0.1) is 0 Å². The smallest absolute Gasteiger partial charge is 0.252 e. The van der Waals surface area contributed by atoms with Gasteiger partial charge in [0.15, 0.2) is 0 Å². The van der Waals surface area contributed by atoms with E-state index in [9.17, 15) is 4.79 Å². The monoisotopic (exact) mass is 283 g/mol. The molecule has 4 nitrogen and oxygen atoms in total. The van der Waals surface area contributed by atoms with Crippen LogP contribution < -0.4 is 5.32 Å². The van der Waals surface area contributed by atoms with Crippen LogP contribution in [0.4, 0.5) is 0 Å². The fourth-order valence-electron chi connectivity index (χ4n) is 1.96. The van der Waals surface area contributed by atoms with Crippen LogP contribution in [0.2, 0.25) is 0 Å².